The van der Waals surface area contributed by atoms with Crippen molar-refractivity contribution in [2.45, 2.75) is 18.9 Å². The minimum Gasteiger partial charge on any atom is -0.490 e. The molecule has 6 nitrogen and oxygen atoms in total. The van der Waals surface area contributed by atoms with Gasteiger partial charge < -0.3 is 19.5 Å². The van der Waals surface area contributed by atoms with Crippen molar-refractivity contribution < 1.29 is 19.4 Å². The third kappa shape index (κ3) is 4.80. The van der Waals surface area contributed by atoms with Gasteiger partial charge in [-0.3, -0.25) is 9.78 Å². The molecule has 6 heteroatoms. The Bertz CT molecular complexity index is 738. The van der Waals surface area contributed by atoms with Gasteiger partial charge in [-0.25, -0.2) is 0 Å². The first kappa shape index (κ1) is 18.4. The number of para-hydroxylation sites is 1. The SMILES string of the molecule is Cc1ccccc1OC[C@]1(O)COCCN(C(=O)Cc2ccncc2)C1. The standard InChI is InChI=1S/C20H24N2O4/c1-16-4-2-3-5-18(16)26-15-20(24)13-22(10-11-25-14-20)19(23)12-17-6-8-21-9-7-17/h2-9,24H,10-15H2,1H3/t20-/m1/s1. The highest BCUT2D eigenvalue weighted by molar-refractivity contribution is 5.78. The zero-order valence-electron chi connectivity index (χ0n) is 14.9. The van der Waals surface area contributed by atoms with Crippen LogP contribution >= 0.6 is 0 Å². The number of carbonyl (C=O) groups is 1. The van der Waals surface area contributed by atoms with Crippen LogP contribution in [0.2, 0.25) is 0 Å². The molecule has 2 aromatic rings. The van der Waals surface area contributed by atoms with E-state index in [1.54, 1.807) is 17.3 Å². The molecule has 0 bridgehead atoms. The Labute approximate surface area is 153 Å². The summed E-state index contributed by atoms with van der Waals surface area (Å²) in [4.78, 5) is 18.2. The molecule has 1 aromatic heterocycles. The second-order valence-electron chi connectivity index (χ2n) is 6.68. The Morgan fingerprint density at radius 1 is 1.31 bits per heavy atom. The number of pyridine rings is 1. The van der Waals surface area contributed by atoms with Crippen molar-refractivity contribution in [1.82, 2.24) is 9.88 Å². The van der Waals surface area contributed by atoms with Crippen LogP contribution in [-0.4, -0.2) is 59.4 Å². The van der Waals surface area contributed by atoms with Crippen molar-refractivity contribution in [2.75, 3.05) is 32.9 Å². The summed E-state index contributed by atoms with van der Waals surface area (Å²) in [6.07, 6.45) is 3.61. The lowest BCUT2D eigenvalue weighted by Gasteiger charge is -2.31. The summed E-state index contributed by atoms with van der Waals surface area (Å²) < 4.78 is 11.3. The van der Waals surface area contributed by atoms with Crippen LogP contribution in [0.4, 0.5) is 0 Å². The van der Waals surface area contributed by atoms with Crippen molar-refractivity contribution in [2.24, 2.45) is 0 Å². The molecular formula is C20H24N2O4. The van der Waals surface area contributed by atoms with Crippen LogP contribution in [0.3, 0.4) is 0 Å². The summed E-state index contributed by atoms with van der Waals surface area (Å²) in [7, 11) is 0. The lowest BCUT2D eigenvalue weighted by Crippen LogP contribution is -2.50. The number of aliphatic hydroxyl groups is 1. The van der Waals surface area contributed by atoms with Gasteiger partial charge in [-0.2, -0.15) is 0 Å². The minimum atomic E-state index is -1.24. The van der Waals surface area contributed by atoms with Gasteiger partial charge in [0.25, 0.3) is 0 Å². The molecule has 138 valence electrons. The van der Waals surface area contributed by atoms with Crippen LogP contribution in [0, 0.1) is 6.92 Å². The molecule has 0 radical (unpaired) electrons. The molecule has 1 aliphatic rings. The number of nitrogens with zero attached hydrogens (tertiary/aromatic N) is 2. The Hall–Kier alpha value is -2.44. The molecule has 0 saturated carbocycles. The topological polar surface area (TPSA) is 71.9 Å². The Kier molecular flexibility index (Phi) is 5.85. The second kappa shape index (κ2) is 8.29. The highest BCUT2D eigenvalue weighted by atomic mass is 16.5. The van der Waals surface area contributed by atoms with Gasteiger partial charge in [-0.1, -0.05) is 18.2 Å². The van der Waals surface area contributed by atoms with E-state index >= 15 is 0 Å². The van der Waals surface area contributed by atoms with Gasteiger partial charge in [-0.15, -0.1) is 0 Å². The van der Waals surface area contributed by atoms with Gasteiger partial charge in [0.2, 0.25) is 5.91 Å². The first-order valence-electron chi connectivity index (χ1n) is 8.71. The van der Waals surface area contributed by atoms with Crippen LogP contribution in [0.25, 0.3) is 0 Å². The summed E-state index contributed by atoms with van der Waals surface area (Å²) in [6.45, 7) is 3.19. The number of hydrogen-bond donors (Lipinski definition) is 1. The van der Waals surface area contributed by atoms with Gasteiger partial charge in [0.05, 0.1) is 26.2 Å². The van der Waals surface area contributed by atoms with E-state index in [0.717, 1.165) is 16.9 Å². The predicted octanol–water partition coefficient (Wildman–Crippen LogP) is 1.60. The lowest BCUT2D eigenvalue weighted by molar-refractivity contribution is -0.134. The molecule has 1 aromatic carbocycles. The summed E-state index contributed by atoms with van der Waals surface area (Å²) in [5, 5.41) is 10.9. The number of ether oxygens (including phenoxy) is 2. The Balaban J connectivity index is 1.64. The summed E-state index contributed by atoms with van der Waals surface area (Å²) in [5.74, 6) is 0.677. The molecule has 1 aliphatic heterocycles. The van der Waals surface area contributed by atoms with Gasteiger partial charge >= 0.3 is 0 Å². The molecule has 0 spiro atoms. The third-order valence-corrected chi connectivity index (χ3v) is 4.41. The summed E-state index contributed by atoms with van der Waals surface area (Å²) >= 11 is 0. The highest BCUT2D eigenvalue weighted by Gasteiger charge is 2.35. The maximum Gasteiger partial charge on any atom is 0.227 e. The monoisotopic (exact) mass is 356 g/mol. The number of rotatable bonds is 5. The Morgan fingerprint density at radius 3 is 2.85 bits per heavy atom. The molecule has 0 aliphatic carbocycles. The zero-order valence-corrected chi connectivity index (χ0v) is 14.9. The van der Waals surface area contributed by atoms with Crippen LogP contribution in [0.15, 0.2) is 48.8 Å². The first-order chi connectivity index (χ1) is 12.6. The molecule has 0 unspecified atom stereocenters. The fourth-order valence-corrected chi connectivity index (χ4v) is 2.93. The van der Waals surface area contributed by atoms with E-state index in [9.17, 15) is 9.90 Å². The molecule has 1 amide bonds. The first-order valence-corrected chi connectivity index (χ1v) is 8.71. The fraction of sp³-hybridized carbons (Fsp3) is 0.400. The number of aromatic nitrogens is 1. The van der Waals surface area contributed by atoms with Crippen LogP contribution in [0.1, 0.15) is 11.1 Å². The van der Waals surface area contributed by atoms with E-state index < -0.39 is 5.60 Å². The highest BCUT2D eigenvalue weighted by Crippen LogP contribution is 2.20. The number of hydrogen-bond acceptors (Lipinski definition) is 5. The minimum absolute atomic E-state index is 0.0454. The number of benzene rings is 1. The molecule has 3 rings (SSSR count). The average molecular weight is 356 g/mol. The van der Waals surface area contributed by atoms with E-state index in [2.05, 4.69) is 4.98 Å². The maximum atomic E-state index is 12.6. The van der Waals surface area contributed by atoms with Crippen LogP contribution in [0.5, 0.6) is 5.75 Å². The third-order valence-electron chi connectivity index (χ3n) is 4.41. The van der Waals surface area contributed by atoms with E-state index in [-0.39, 0.29) is 32.1 Å². The van der Waals surface area contributed by atoms with Crippen molar-refractivity contribution in [3.63, 3.8) is 0 Å². The lowest BCUT2D eigenvalue weighted by atomic mass is 10.1. The smallest absolute Gasteiger partial charge is 0.227 e. The zero-order chi connectivity index (χ0) is 18.4. The molecule has 1 N–H and O–H groups in total. The normalized spacial score (nSPS) is 20.5. The summed E-state index contributed by atoms with van der Waals surface area (Å²) in [5.41, 5.74) is 0.651. The number of amides is 1. The summed E-state index contributed by atoms with van der Waals surface area (Å²) in [6, 6.07) is 11.3. The van der Waals surface area contributed by atoms with E-state index in [1.165, 1.54) is 0 Å². The van der Waals surface area contributed by atoms with E-state index in [4.69, 9.17) is 9.47 Å². The average Bonchev–Trinajstić information content (AvgIpc) is 2.84. The predicted molar refractivity (Wildman–Crippen MR) is 97.0 cm³/mol. The molecule has 1 fully saturated rings. The molecule has 1 atom stereocenters. The molecule has 1 saturated heterocycles. The number of β-amino-alcohol motifs (C(OH)–C–C–N with tert-alkyl or cyclic N) is 1. The van der Waals surface area contributed by atoms with Gasteiger partial charge in [0, 0.05) is 18.9 Å². The molecular weight excluding hydrogens is 332 g/mol. The van der Waals surface area contributed by atoms with Gasteiger partial charge in [-0.05, 0) is 36.2 Å². The van der Waals surface area contributed by atoms with Crippen molar-refractivity contribution in [1.29, 1.82) is 0 Å². The van der Waals surface area contributed by atoms with Crippen molar-refractivity contribution >= 4 is 5.91 Å². The molecule has 26 heavy (non-hydrogen) atoms. The number of aryl methyl sites for hydroxylation is 1. The fourth-order valence-electron chi connectivity index (χ4n) is 2.93. The quantitative estimate of drug-likeness (QED) is 0.881. The van der Waals surface area contributed by atoms with Gasteiger partial charge in [0.15, 0.2) is 0 Å². The van der Waals surface area contributed by atoms with Gasteiger partial charge in [0.1, 0.15) is 18.0 Å². The van der Waals surface area contributed by atoms with Crippen molar-refractivity contribution in [3.8, 4) is 5.75 Å². The second-order valence-corrected chi connectivity index (χ2v) is 6.68. The van der Waals surface area contributed by atoms with Crippen LogP contribution in [-0.2, 0) is 16.0 Å². The largest absolute Gasteiger partial charge is 0.490 e. The van der Waals surface area contributed by atoms with E-state index in [1.807, 2.05) is 43.3 Å². The van der Waals surface area contributed by atoms with Crippen LogP contribution < -0.4 is 4.74 Å². The maximum absolute atomic E-state index is 12.6. The van der Waals surface area contributed by atoms with Crippen molar-refractivity contribution in [3.05, 3.63) is 59.9 Å². The number of carbonyl (C=O) groups excluding carboxylic acids is 1. The van der Waals surface area contributed by atoms with E-state index in [0.29, 0.717) is 13.2 Å². The molecule has 2 heterocycles. The Morgan fingerprint density at radius 2 is 2.08 bits per heavy atom.